The van der Waals surface area contributed by atoms with E-state index in [1.807, 2.05) is 13.0 Å². The number of nitrogens with zero attached hydrogens (tertiary/aromatic N) is 1. The topological polar surface area (TPSA) is 91.2 Å². The number of halogens is 3. The molecule has 0 saturated carbocycles. The van der Waals surface area contributed by atoms with Crippen LogP contribution in [0.15, 0.2) is 72.9 Å². The molecule has 0 aliphatic carbocycles. The molecule has 5 nitrogen and oxygen atoms in total. The largest absolute Gasteiger partial charge is 0.457 e. The normalized spacial score (nSPS) is 12.5. The van der Waals surface area contributed by atoms with Gasteiger partial charge in [0.1, 0.15) is 11.5 Å². The van der Waals surface area contributed by atoms with Crippen molar-refractivity contribution in [3.63, 3.8) is 0 Å². The number of nitrogens with two attached hydrogens (primary N) is 2. The zero-order valence-corrected chi connectivity index (χ0v) is 17.6. The molecule has 0 spiro atoms. The number of ether oxygens (including phenoxy) is 1. The maximum absolute atomic E-state index is 12.9. The smallest absolute Gasteiger partial charge is 0.416 e. The molecular weight excluding hydrogens is 431 g/mol. The fourth-order valence-corrected chi connectivity index (χ4v) is 3.81. The van der Waals surface area contributed by atoms with Crippen LogP contribution in [0, 0.1) is 0 Å². The van der Waals surface area contributed by atoms with Gasteiger partial charge in [0.25, 0.3) is 0 Å². The van der Waals surface area contributed by atoms with Crippen LogP contribution in [0.3, 0.4) is 0 Å². The Kier molecular flexibility index (Phi) is 5.68. The summed E-state index contributed by atoms with van der Waals surface area (Å²) >= 11 is 0. The Balaban J connectivity index is 1.81. The second kappa shape index (κ2) is 8.46. The van der Waals surface area contributed by atoms with Gasteiger partial charge in [0.2, 0.25) is 5.91 Å². The van der Waals surface area contributed by atoms with Gasteiger partial charge in [-0.05, 0) is 65.5 Å². The Hall–Kier alpha value is -4.07. The Morgan fingerprint density at radius 3 is 2.36 bits per heavy atom. The first-order valence-electron chi connectivity index (χ1n) is 10.1. The van der Waals surface area contributed by atoms with Crippen molar-refractivity contribution in [3.8, 4) is 11.5 Å². The predicted molar refractivity (Wildman–Crippen MR) is 120 cm³/mol. The molecule has 1 heterocycles. The van der Waals surface area contributed by atoms with E-state index in [4.69, 9.17) is 16.2 Å². The van der Waals surface area contributed by atoms with Crippen molar-refractivity contribution in [3.05, 3.63) is 95.3 Å². The Morgan fingerprint density at radius 1 is 1.00 bits per heavy atom. The SMILES string of the molecule is CC(c1cc(N)ccn1)c1c(C(N)=O)ccc2c(Oc3ccc(C(F)(F)F)cc3)cccc12. The summed E-state index contributed by atoms with van der Waals surface area (Å²) in [4.78, 5) is 16.6. The molecule has 168 valence electrons. The Morgan fingerprint density at radius 2 is 1.73 bits per heavy atom. The maximum Gasteiger partial charge on any atom is 0.416 e. The van der Waals surface area contributed by atoms with E-state index in [0.29, 0.717) is 39.0 Å². The van der Waals surface area contributed by atoms with Crippen LogP contribution >= 0.6 is 0 Å². The third kappa shape index (κ3) is 4.45. The van der Waals surface area contributed by atoms with Crippen LogP contribution < -0.4 is 16.2 Å². The van der Waals surface area contributed by atoms with Crippen molar-refractivity contribution in [2.75, 3.05) is 5.73 Å². The fourth-order valence-electron chi connectivity index (χ4n) is 3.81. The second-order valence-electron chi connectivity index (χ2n) is 7.60. The summed E-state index contributed by atoms with van der Waals surface area (Å²) in [6.45, 7) is 1.90. The van der Waals surface area contributed by atoms with Crippen LogP contribution in [-0.4, -0.2) is 10.9 Å². The molecule has 0 bridgehead atoms. The van der Waals surface area contributed by atoms with E-state index in [2.05, 4.69) is 4.98 Å². The summed E-state index contributed by atoms with van der Waals surface area (Å²) in [6, 6.07) is 16.5. The van der Waals surface area contributed by atoms with Gasteiger partial charge >= 0.3 is 6.18 Å². The molecule has 1 amide bonds. The molecule has 0 aliphatic rings. The number of aromatic nitrogens is 1. The van der Waals surface area contributed by atoms with Crippen molar-refractivity contribution in [2.24, 2.45) is 5.73 Å². The first-order chi connectivity index (χ1) is 15.6. The van der Waals surface area contributed by atoms with E-state index in [0.717, 1.165) is 12.1 Å². The number of carbonyl (C=O) groups excluding carboxylic acids is 1. The lowest BCUT2D eigenvalue weighted by Crippen LogP contribution is -2.16. The van der Waals surface area contributed by atoms with Gasteiger partial charge in [-0.15, -0.1) is 0 Å². The Bertz CT molecular complexity index is 1340. The molecule has 0 radical (unpaired) electrons. The molecule has 4 aromatic rings. The van der Waals surface area contributed by atoms with Crippen molar-refractivity contribution < 1.29 is 22.7 Å². The number of nitrogen functional groups attached to an aromatic ring is 1. The minimum atomic E-state index is -4.43. The van der Waals surface area contributed by atoms with Gasteiger partial charge in [-0.1, -0.05) is 19.1 Å². The molecule has 33 heavy (non-hydrogen) atoms. The minimum absolute atomic E-state index is 0.251. The zero-order chi connectivity index (χ0) is 23.8. The molecule has 4 rings (SSSR count). The number of amides is 1. The minimum Gasteiger partial charge on any atom is -0.457 e. The zero-order valence-electron chi connectivity index (χ0n) is 17.6. The molecule has 0 saturated heterocycles. The van der Waals surface area contributed by atoms with E-state index in [1.165, 1.54) is 12.1 Å². The number of hydrogen-bond donors (Lipinski definition) is 2. The molecule has 3 aromatic carbocycles. The highest BCUT2D eigenvalue weighted by molar-refractivity contribution is 6.02. The van der Waals surface area contributed by atoms with Gasteiger partial charge in [-0.3, -0.25) is 9.78 Å². The second-order valence-corrected chi connectivity index (χ2v) is 7.60. The summed E-state index contributed by atoms with van der Waals surface area (Å²) in [5, 5.41) is 1.39. The molecule has 1 aromatic heterocycles. The fraction of sp³-hybridized carbons (Fsp3) is 0.120. The van der Waals surface area contributed by atoms with Gasteiger partial charge in [-0.2, -0.15) is 13.2 Å². The highest BCUT2D eigenvalue weighted by atomic mass is 19.4. The first-order valence-corrected chi connectivity index (χ1v) is 10.1. The number of pyridine rings is 1. The molecule has 0 fully saturated rings. The summed E-state index contributed by atoms with van der Waals surface area (Å²) in [7, 11) is 0. The average molecular weight is 451 g/mol. The van der Waals surface area contributed by atoms with Crippen molar-refractivity contribution in [1.82, 2.24) is 4.98 Å². The highest BCUT2D eigenvalue weighted by Gasteiger charge is 2.30. The number of anilines is 1. The van der Waals surface area contributed by atoms with Gasteiger partial charge in [0.05, 0.1) is 5.56 Å². The number of rotatable bonds is 5. The molecule has 8 heteroatoms. The van der Waals surface area contributed by atoms with Crippen molar-refractivity contribution in [2.45, 2.75) is 19.0 Å². The monoisotopic (exact) mass is 451 g/mol. The third-order valence-electron chi connectivity index (χ3n) is 5.42. The summed E-state index contributed by atoms with van der Waals surface area (Å²) in [5.74, 6) is -0.225. The summed E-state index contributed by atoms with van der Waals surface area (Å²) < 4.78 is 44.5. The van der Waals surface area contributed by atoms with E-state index in [1.54, 1.807) is 42.6 Å². The quantitative estimate of drug-likeness (QED) is 0.396. The molecule has 1 unspecified atom stereocenters. The highest BCUT2D eigenvalue weighted by Crippen LogP contribution is 2.38. The molecule has 4 N–H and O–H groups in total. The molecule has 1 atom stereocenters. The van der Waals surface area contributed by atoms with E-state index < -0.39 is 17.6 Å². The summed E-state index contributed by atoms with van der Waals surface area (Å²) in [6.07, 6.45) is -2.83. The van der Waals surface area contributed by atoms with Crippen molar-refractivity contribution in [1.29, 1.82) is 0 Å². The van der Waals surface area contributed by atoms with Gasteiger partial charge in [0, 0.05) is 34.4 Å². The van der Waals surface area contributed by atoms with Crippen LogP contribution in [0.5, 0.6) is 11.5 Å². The number of fused-ring (bicyclic) bond motifs is 1. The lowest BCUT2D eigenvalue weighted by atomic mass is 9.87. The Labute approximate surface area is 187 Å². The van der Waals surface area contributed by atoms with Crippen molar-refractivity contribution >= 4 is 22.4 Å². The number of carbonyl (C=O) groups is 1. The van der Waals surface area contributed by atoms with E-state index in [9.17, 15) is 18.0 Å². The first kappa shape index (κ1) is 22.1. The van der Waals surface area contributed by atoms with Crippen LogP contribution in [0.25, 0.3) is 10.8 Å². The van der Waals surface area contributed by atoms with Crippen LogP contribution in [0.4, 0.5) is 18.9 Å². The van der Waals surface area contributed by atoms with Gasteiger partial charge < -0.3 is 16.2 Å². The average Bonchev–Trinajstić information content (AvgIpc) is 2.77. The van der Waals surface area contributed by atoms with E-state index >= 15 is 0 Å². The molecular formula is C25H20F3N3O2. The van der Waals surface area contributed by atoms with Crippen LogP contribution in [-0.2, 0) is 6.18 Å². The number of primary amides is 1. The predicted octanol–water partition coefficient (Wildman–Crippen LogP) is 5.88. The van der Waals surface area contributed by atoms with Gasteiger partial charge in [-0.25, -0.2) is 0 Å². The van der Waals surface area contributed by atoms with Gasteiger partial charge in [0.15, 0.2) is 0 Å². The maximum atomic E-state index is 12.9. The van der Waals surface area contributed by atoms with Crippen LogP contribution in [0.1, 0.15) is 40.0 Å². The standard InChI is InChI=1S/C25H20F3N3O2/c1-14(21-13-16(29)11-12-31-21)23-19-3-2-4-22(18(19)9-10-20(23)24(30)32)33-17-7-5-15(6-8-17)25(26,27)28/h2-14H,1H3,(H2,29,31)(H2,30,32). The lowest BCUT2D eigenvalue weighted by molar-refractivity contribution is -0.137. The number of hydrogen-bond acceptors (Lipinski definition) is 4. The number of alkyl halides is 3. The molecule has 0 aliphatic heterocycles. The lowest BCUT2D eigenvalue weighted by Gasteiger charge is -2.19. The van der Waals surface area contributed by atoms with E-state index in [-0.39, 0.29) is 11.7 Å². The third-order valence-corrected chi connectivity index (χ3v) is 5.42. The van der Waals surface area contributed by atoms with Crippen LogP contribution in [0.2, 0.25) is 0 Å². The number of benzene rings is 3. The summed E-state index contributed by atoms with van der Waals surface area (Å²) in [5.41, 5.74) is 13.0.